The van der Waals surface area contributed by atoms with Crippen molar-refractivity contribution in [1.82, 2.24) is 10.2 Å². The van der Waals surface area contributed by atoms with Gasteiger partial charge in [0.05, 0.1) is 13.1 Å². The topological polar surface area (TPSA) is 55.7 Å². The van der Waals surface area contributed by atoms with Gasteiger partial charge in [0, 0.05) is 6.54 Å². The number of aliphatic hydroxyl groups excluding tert-OH is 2. The molecule has 0 aliphatic carbocycles. The molecule has 0 amide bonds. The van der Waals surface area contributed by atoms with Gasteiger partial charge in [-0.1, -0.05) is 0 Å². The number of hydrogen-bond donors (Lipinski definition) is 3. The number of nitrogens with zero attached hydrogens (tertiary/aromatic N) is 1. The molecule has 9 heteroatoms. The van der Waals surface area contributed by atoms with Crippen molar-refractivity contribution in [3.05, 3.63) is 0 Å². The standard InChI is InChI=1S/C6H11F2NO.C5H9F2NO.ClH/c1-9-3-2-5(10)6(7,8)4-9;6-5(7)3-8-2-1-4(5)9;/h5,10H,2-4H2,1H3;4,8-9H,1-3H2;1H. The third kappa shape index (κ3) is 5.69. The first kappa shape index (κ1) is 19.9. The number of likely N-dealkylation sites (tertiary alicyclic amines) is 1. The van der Waals surface area contributed by atoms with E-state index in [2.05, 4.69) is 5.32 Å². The van der Waals surface area contributed by atoms with E-state index in [0.29, 0.717) is 13.1 Å². The summed E-state index contributed by atoms with van der Waals surface area (Å²) in [7, 11) is 1.62. The molecule has 2 aliphatic heterocycles. The van der Waals surface area contributed by atoms with Crippen molar-refractivity contribution in [1.29, 1.82) is 0 Å². The van der Waals surface area contributed by atoms with E-state index >= 15 is 0 Å². The molecule has 122 valence electrons. The van der Waals surface area contributed by atoms with Gasteiger partial charge < -0.3 is 20.4 Å². The molecule has 2 heterocycles. The third-order valence-corrected chi connectivity index (χ3v) is 3.20. The van der Waals surface area contributed by atoms with Crippen molar-refractivity contribution >= 4 is 12.4 Å². The lowest BCUT2D eigenvalue weighted by molar-refractivity contribution is -0.145. The molecule has 3 N–H and O–H groups in total. The molecular formula is C11H21ClF4N2O2. The number of hydrogen-bond acceptors (Lipinski definition) is 4. The molecular weight excluding hydrogens is 304 g/mol. The first-order chi connectivity index (χ1) is 8.65. The predicted molar refractivity (Wildman–Crippen MR) is 68.8 cm³/mol. The van der Waals surface area contributed by atoms with Crippen LogP contribution in [0, 0.1) is 0 Å². The Morgan fingerprint density at radius 2 is 1.60 bits per heavy atom. The van der Waals surface area contributed by atoms with Crippen molar-refractivity contribution in [2.24, 2.45) is 0 Å². The Kier molecular flexibility index (Phi) is 7.69. The fraction of sp³-hybridized carbons (Fsp3) is 1.00. The predicted octanol–water partition coefficient (Wildman–Crippen LogP) is 0.716. The Balaban J connectivity index is 0.000000345. The van der Waals surface area contributed by atoms with Crippen LogP contribution in [0.1, 0.15) is 12.8 Å². The van der Waals surface area contributed by atoms with Crippen LogP contribution in [0.5, 0.6) is 0 Å². The highest BCUT2D eigenvalue weighted by atomic mass is 35.5. The summed E-state index contributed by atoms with van der Waals surface area (Å²) in [6.07, 6.45) is -2.57. The van der Waals surface area contributed by atoms with Gasteiger partial charge in [0.25, 0.3) is 11.8 Å². The summed E-state index contributed by atoms with van der Waals surface area (Å²) in [6.45, 7) is 0.315. The summed E-state index contributed by atoms with van der Waals surface area (Å²) in [4.78, 5) is 1.52. The van der Waals surface area contributed by atoms with Gasteiger partial charge in [-0.2, -0.15) is 0 Å². The number of halogens is 5. The molecule has 0 saturated carbocycles. The van der Waals surface area contributed by atoms with E-state index < -0.39 is 30.6 Å². The SMILES string of the molecule is CN1CCC(O)C(F)(F)C1.Cl.OC1CCNCC1(F)F. The zero-order valence-electron chi connectivity index (χ0n) is 11.2. The quantitative estimate of drug-likeness (QED) is 0.575. The van der Waals surface area contributed by atoms with Crippen LogP contribution in [0.3, 0.4) is 0 Å². The van der Waals surface area contributed by atoms with E-state index in [9.17, 15) is 17.6 Å². The van der Waals surface area contributed by atoms with E-state index in [1.807, 2.05) is 0 Å². The molecule has 0 bridgehead atoms. The van der Waals surface area contributed by atoms with E-state index in [4.69, 9.17) is 10.2 Å². The van der Waals surface area contributed by atoms with E-state index in [-0.39, 0.29) is 31.8 Å². The van der Waals surface area contributed by atoms with E-state index in [1.165, 1.54) is 4.90 Å². The van der Waals surface area contributed by atoms with Gasteiger partial charge in [0.2, 0.25) is 0 Å². The Hall–Kier alpha value is -0.150. The van der Waals surface area contributed by atoms with Gasteiger partial charge in [-0.3, -0.25) is 0 Å². The minimum atomic E-state index is -2.92. The Morgan fingerprint density at radius 1 is 1.05 bits per heavy atom. The number of rotatable bonds is 0. The smallest absolute Gasteiger partial charge is 0.285 e. The van der Waals surface area contributed by atoms with Crippen molar-refractivity contribution in [2.45, 2.75) is 36.9 Å². The van der Waals surface area contributed by atoms with Crippen LogP contribution in [-0.2, 0) is 0 Å². The number of aliphatic hydroxyl groups is 2. The van der Waals surface area contributed by atoms with E-state index in [0.717, 1.165) is 0 Å². The molecule has 2 fully saturated rings. The molecule has 0 aromatic rings. The average Bonchev–Trinajstić information content (AvgIpc) is 2.28. The second kappa shape index (κ2) is 7.74. The Morgan fingerprint density at radius 3 is 1.95 bits per heavy atom. The van der Waals surface area contributed by atoms with Crippen LogP contribution in [0.25, 0.3) is 0 Å². The van der Waals surface area contributed by atoms with Gasteiger partial charge in [-0.25, -0.2) is 17.6 Å². The number of piperidine rings is 2. The summed E-state index contributed by atoms with van der Waals surface area (Å²) in [5.74, 6) is -5.83. The van der Waals surface area contributed by atoms with Gasteiger partial charge in [-0.15, -0.1) is 12.4 Å². The highest BCUT2D eigenvalue weighted by molar-refractivity contribution is 5.85. The monoisotopic (exact) mass is 324 g/mol. The highest BCUT2D eigenvalue weighted by Gasteiger charge is 2.42. The summed E-state index contributed by atoms with van der Waals surface area (Å²) in [6, 6.07) is 0. The fourth-order valence-corrected chi connectivity index (χ4v) is 1.92. The first-order valence-electron chi connectivity index (χ1n) is 6.16. The molecule has 2 atom stereocenters. The van der Waals surface area contributed by atoms with Gasteiger partial charge in [-0.05, 0) is 26.4 Å². The lowest BCUT2D eigenvalue weighted by Gasteiger charge is -2.33. The maximum absolute atomic E-state index is 12.6. The lowest BCUT2D eigenvalue weighted by Crippen LogP contribution is -2.49. The van der Waals surface area contributed by atoms with Crippen molar-refractivity contribution in [2.75, 3.05) is 33.2 Å². The van der Waals surface area contributed by atoms with Gasteiger partial charge in [0.1, 0.15) is 12.2 Å². The molecule has 0 spiro atoms. The van der Waals surface area contributed by atoms with Crippen molar-refractivity contribution in [3.8, 4) is 0 Å². The molecule has 0 aromatic heterocycles. The summed E-state index contributed by atoms with van der Waals surface area (Å²) in [5.41, 5.74) is 0. The Labute approximate surface area is 121 Å². The molecule has 2 saturated heterocycles. The van der Waals surface area contributed by atoms with Crippen LogP contribution in [0.15, 0.2) is 0 Å². The van der Waals surface area contributed by atoms with Crippen LogP contribution in [-0.4, -0.2) is 72.4 Å². The zero-order chi connectivity index (χ0) is 14.7. The van der Waals surface area contributed by atoms with Crippen LogP contribution >= 0.6 is 12.4 Å². The minimum absolute atomic E-state index is 0. The van der Waals surface area contributed by atoms with Crippen LogP contribution in [0.2, 0.25) is 0 Å². The second-order valence-corrected chi connectivity index (χ2v) is 5.05. The summed E-state index contributed by atoms with van der Waals surface area (Å²) >= 11 is 0. The van der Waals surface area contributed by atoms with Crippen LogP contribution < -0.4 is 5.32 Å². The molecule has 20 heavy (non-hydrogen) atoms. The van der Waals surface area contributed by atoms with Gasteiger partial charge in [0.15, 0.2) is 0 Å². The maximum Gasteiger partial charge on any atom is 0.285 e. The minimum Gasteiger partial charge on any atom is -0.387 e. The molecule has 2 unspecified atom stereocenters. The zero-order valence-corrected chi connectivity index (χ0v) is 12.0. The normalized spacial score (nSPS) is 32.5. The third-order valence-electron chi connectivity index (χ3n) is 3.20. The number of nitrogens with one attached hydrogen (secondary N) is 1. The summed E-state index contributed by atoms with van der Waals surface area (Å²) < 4.78 is 49.7. The van der Waals surface area contributed by atoms with Crippen molar-refractivity contribution < 1.29 is 27.8 Å². The molecule has 0 aromatic carbocycles. The average molecular weight is 325 g/mol. The number of alkyl halides is 4. The Bertz CT molecular complexity index is 298. The highest BCUT2D eigenvalue weighted by Crippen LogP contribution is 2.26. The molecule has 2 aliphatic rings. The second-order valence-electron chi connectivity index (χ2n) is 5.05. The summed E-state index contributed by atoms with van der Waals surface area (Å²) in [5, 5.41) is 19.9. The first-order valence-corrected chi connectivity index (χ1v) is 6.16. The maximum atomic E-state index is 12.6. The van der Waals surface area contributed by atoms with Crippen molar-refractivity contribution in [3.63, 3.8) is 0 Å². The van der Waals surface area contributed by atoms with Crippen LogP contribution in [0.4, 0.5) is 17.6 Å². The molecule has 0 radical (unpaired) electrons. The molecule has 2 rings (SSSR count). The fourth-order valence-electron chi connectivity index (χ4n) is 1.92. The molecule has 4 nitrogen and oxygen atoms in total. The van der Waals surface area contributed by atoms with Gasteiger partial charge >= 0.3 is 0 Å². The largest absolute Gasteiger partial charge is 0.387 e. The lowest BCUT2D eigenvalue weighted by atomic mass is 10.1. The van der Waals surface area contributed by atoms with E-state index in [1.54, 1.807) is 7.05 Å².